The Balaban J connectivity index is 2.08. The van der Waals surface area contributed by atoms with E-state index in [2.05, 4.69) is 37.4 Å². The molecule has 1 aromatic rings. The molecule has 20 heavy (non-hydrogen) atoms. The first-order chi connectivity index (χ1) is 9.63. The van der Waals surface area contributed by atoms with Crippen LogP contribution in [0.1, 0.15) is 49.5 Å². The molecule has 0 saturated heterocycles. The second-order valence-corrected chi connectivity index (χ2v) is 6.13. The lowest BCUT2D eigenvalue weighted by Gasteiger charge is -2.28. The lowest BCUT2D eigenvalue weighted by atomic mass is 9.91. The molecular formula is C17H27NO2. The third-order valence-electron chi connectivity index (χ3n) is 4.24. The van der Waals surface area contributed by atoms with Gasteiger partial charge in [0.1, 0.15) is 0 Å². The third kappa shape index (κ3) is 3.60. The standard InChI is InChI=1S/C17H27NO2/c1-12(2)16(18-9-4-10-19)17(20)15-8-7-13-5-3-6-14(13)11-15/h7-8,11-12,16-20H,3-6,9-10H2,1-2H3. The molecule has 2 unspecified atom stereocenters. The summed E-state index contributed by atoms with van der Waals surface area (Å²) in [5.41, 5.74) is 3.86. The van der Waals surface area contributed by atoms with Gasteiger partial charge in [-0.2, -0.15) is 0 Å². The van der Waals surface area contributed by atoms with E-state index in [0.717, 1.165) is 24.9 Å². The summed E-state index contributed by atoms with van der Waals surface area (Å²) < 4.78 is 0. The number of benzene rings is 1. The van der Waals surface area contributed by atoms with Crippen molar-refractivity contribution < 1.29 is 10.2 Å². The van der Waals surface area contributed by atoms with E-state index in [1.807, 2.05) is 0 Å². The molecule has 0 amide bonds. The molecule has 0 aliphatic heterocycles. The number of aliphatic hydroxyl groups is 2. The maximum absolute atomic E-state index is 10.7. The quantitative estimate of drug-likeness (QED) is 0.670. The number of rotatable bonds is 7. The summed E-state index contributed by atoms with van der Waals surface area (Å²) in [7, 11) is 0. The fourth-order valence-electron chi connectivity index (χ4n) is 3.04. The van der Waals surface area contributed by atoms with Gasteiger partial charge in [-0.05, 0) is 54.8 Å². The molecule has 2 rings (SSSR count). The van der Waals surface area contributed by atoms with E-state index in [0.29, 0.717) is 5.92 Å². The van der Waals surface area contributed by atoms with Gasteiger partial charge < -0.3 is 15.5 Å². The van der Waals surface area contributed by atoms with Gasteiger partial charge in [0, 0.05) is 12.6 Å². The largest absolute Gasteiger partial charge is 0.396 e. The third-order valence-corrected chi connectivity index (χ3v) is 4.24. The molecule has 1 aliphatic carbocycles. The zero-order valence-electron chi connectivity index (χ0n) is 12.6. The van der Waals surface area contributed by atoms with Crippen molar-refractivity contribution in [3.05, 3.63) is 34.9 Å². The molecule has 0 bridgehead atoms. The van der Waals surface area contributed by atoms with E-state index in [9.17, 15) is 5.11 Å². The number of hydrogen-bond donors (Lipinski definition) is 3. The van der Waals surface area contributed by atoms with Gasteiger partial charge in [0.2, 0.25) is 0 Å². The normalized spacial score (nSPS) is 17.2. The van der Waals surface area contributed by atoms with Crippen molar-refractivity contribution in [1.82, 2.24) is 5.32 Å². The van der Waals surface area contributed by atoms with Crippen LogP contribution in [0, 0.1) is 5.92 Å². The summed E-state index contributed by atoms with van der Waals surface area (Å²) in [4.78, 5) is 0. The molecule has 0 saturated carbocycles. The van der Waals surface area contributed by atoms with Crippen molar-refractivity contribution in [2.24, 2.45) is 5.92 Å². The summed E-state index contributed by atoms with van der Waals surface area (Å²) in [6, 6.07) is 6.45. The lowest BCUT2D eigenvalue weighted by Crippen LogP contribution is -2.40. The summed E-state index contributed by atoms with van der Waals surface area (Å²) in [6.45, 7) is 5.16. The maximum atomic E-state index is 10.7. The summed E-state index contributed by atoms with van der Waals surface area (Å²) in [5, 5.41) is 22.9. The predicted octanol–water partition coefficient (Wildman–Crippen LogP) is 2.21. The minimum absolute atomic E-state index is 0.0287. The van der Waals surface area contributed by atoms with Gasteiger partial charge in [-0.3, -0.25) is 0 Å². The summed E-state index contributed by atoms with van der Waals surface area (Å²) >= 11 is 0. The molecule has 112 valence electrons. The number of nitrogens with one attached hydrogen (secondary N) is 1. The van der Waals surface area contributed by atoms with Gasteiger partial charge in [0.25, 0.3) is 0 Å². The zero-order valence-corrected chi connectivity index (χ0v) is 12.6. The van der Waals surface area contributed by atoms with Gasteiger partial charge in [-0.15, -0.1) is 0 Å². The molecule has 0 radical (unpaired) electrons. The molecule has 3 nitrogen and oxygen atoms in total. The minimum atomic E-state index is -0.486. The average molecular weight is 277 g/mol. The highest BCUT2D eigenvalue weighted by Crippen LogP contribution is 2.28. The summed E-state index contributed by atoms with van der Waals surface area (Å²) in [5.74, 6) is 0.344. The van der Waals surface area contributed by atoms with Crippen LogP contribution in [0.3, 0.4) is 0 Å². The van der Waals surface area contributed by atoms with Crippen LogP contribution in [0.4, 0.5) is 0 Å². The fraction of sp³-hybridized carbons (Fsp3) is 0.647. The van der Waals surface area contributed by atoms with Gasteiger partial charge in [-0.1, -0.05) is 32.0 Å². The Morgan fingerprint density at radius 2 is 1.95 bits per heavy atom. The monoisotopic (exact) mass is 277 g/mol. The Morgan fingerprint density at radius 1 is 1.20 bits per heavy atom. The molecule has 0 fully saturated rings. The van der Waals surface area contributed by atoms with Gasteiger partial charge >= 0.3 is 0 Å². The lowest BCUT2D eigenvalue weighted by molar-refractivity contribution is 0.104. The Morgan fingerprint density at radius 3 is 2.65 bits per heavy atom. The predicted molar refractivity (Wildman–Crippen MR) is 81.8 cm³/mol. The maximum Gasteiger partial charge on any atom is 0.0945 e. The summed E-state index contributed by atoms with van der Waals surface area (Å²) in [6.07, 6.45) is 3.78. The molecule has 3 N–H and O–H groups in total. The van der Waals surface area contributed by atoms with Crippen LogP contribution in [0.15, 0.2) is 18.2 Å². The minimum Gasteiger partial charge on any atom is -0.396 e. The van der Waals surface area contributed by atoms with Crippen LogP contribution >= 0.6 is 0 Å². The fourth-order valence-corrected chi connectivity index (χ4v) is 3.04. The van der Waals surface area contributed by atoms with E-state index >= 15 is 0 Å². The van der Waals surface area contributed by atoms with E-state index in [1.165, 1.54) is 24.0 Å². The first kappa shape index (κ1) is 15.5. The smallest absolute Gasteiger partial charge is 0.0945 e. The van der Waals surface area contributed by atoms with E-state index in [1.54, 1.807) is 0 Å². The highest BCUT2D eigenvalue weighted by atomic mass is 16.3. The molecular weight excluding hydrogens is 250 g/mol. The van der Waals surface area contributed by atoms with Crippen LogP contribution in [-0.2, 0) is 12.8 Å². The number of fused-ring (bicyclic) bond motifs is 1. The van der Waals surface area contributed by atoms with Gasteiger partial charge in [-0.25, -0.2) is 0 Å². The van der Waals surface area contributed by atoms with Crippen molar-refractivity contribution in [3.8, 4) is 0 Å². The first-order valence-electron chi connectivity index (χ1n) is 7.77. The van der Waals surface area contributed by atoms with Gasteiger partial charge in [0.15, 0.2) is 0 Å². The Kier molecular flexibility index (Phi) is 5.58. The molecule has 2 atom stereocenters. The molecule has 1 aliphatic rings. The van der Waals surface area contributed by atoms with Crippen molar-refractivity contribution in [1.29, 1.82) is 0 Å². The van der Waals surface area contributed by atoms with Crippen molar-refractivity contribution in [2.75, 3.05) is 13.2 Å². The Bertz CT molecular complexity index is 431. The van der Waals surface area contributed by atoms with Crippen LogP contribution < -0.4 is 5.32 Å². The molecule has 0 aromatic heterocycles. The average Bonchev–Trinajstić information content (AvgIpc) is 2.89. The van der Waals surface area contributed by atoms with Crippen molar-refractivity contribution in [2.45, 2.75) is 51.7 Å². The number of aryl methyl sites for hydroxylation is 2. The van der Waals surface area contributed by atoms with Gasteiger partial charge in [0.05, 0.1) is 6.10 Å². The van der Waals surface area contributed by atoms with E-state index in [-0.39, 0.29) is 12.6 Å². The molecule has 1 aromatic carbocycles. The van der Waals surface area contributed by atoms with E-state index < -0.39 is 6.10 Å². The van der Waals surface area contributed by atoms with Crippen molar-refractivity contribution >= 4 is 0 Å². The Labute approximate surface area is 122 Å². The zero-order chi connectivity index (χ0) is 14.5. The SMILES string of the molecule is CC(C)C(NCCCO)C(O)c1ccc2c(c1)CCC2. The second-order valence-electron chi connectivity index (χ2n) is 6.13. The highest BCUT2D eigenvalue weighted by molar-refractivity contribution is 5.36. The van der Waals surface area contributed by atoms with Crippen LogP contribution in [0.5, 0.6) is 0 Å². The number of aliphatic hydroxyl groups excluding tert-OH is 2. The molecule has 0 heterocycles. The second kappa shape index (κ2) is 7.21. The topological polar surface area (TPSA) is 52.5 Å². The molecule has 0 spiro atoms. The van der Waals surface area contributed by atoms with Crippen LogP contribution in [0.25, 0.3) is 0 Å². The first-order valence-corrected chi connectivity index (χ1v) is 7.77. The van der Waals surface area contributed by atoms with Crippen molar-refractivity contribution in [3.63, 3.8) is 0 Å². The number of hydrogen-bond acceptors (Lipinski definition) is 3. The highest BCUT2D eigenvalue weighted by Gasteiger charge is 2.24. The van der Waals surface area contributed by atoms with E-state index in [4.69, 9.17) is 5.11 Å². The van der Waals surface area contributed by atoms with Crippen LogP contribution in [0.2, 0.25) is 0 Å². The molecule has 3 heteroatoms. The van der Waals surface area contributed by atoms with Crippen LogP contribution in [-0.4, -0.2) is 29.4 Å². The Hall–Kier alpha value is -0.900.